The lowest BCUT2D eigenvalue weighted by atomic mass is 9.97. The normalized spacial score (nSPS) is 10.6. The number of carboxylic acids is 1. The van der Waals surface area contributed by atoms with Crippen molar-refractivity contribution in [3.8, 4) is 22.6 Å². The Morgan fingerprint density at radius 3 is 2.32 bits per heavy atom. The van der Waals surface area contributed by atoms with Gasteiger partial charge in [-0.15, -0.1) is 0 Å². The Kier molecular flexibility index (Phi) is 3.47. The molecule has 0 atom stereocenters. The molecule has 0 spiro atoms. The van der Waals surface area contributed by atoms with Gasteiger partial charge in [-0.05, 0) is 54.8 Å². The first-order chi connectivity index (χ1) is 10.5. The van der Waals surface area contributed by atoms with E-state index in [0.717, 1.165) is 22.3 Å². The molecule has 0 amide bonds. The summed E-state index contributed by atoms with van der Waals surface area (Å²) in [5.74, 6) is 0.128. The van der Waals surface area contributed by atoms with Crippen molar-refractivity contribution in [3.63, 3.8) is 0 Å². The van der Waals surface area contributed by atoms with Gasteiger partial charge in [-0.3, -0.25) is 0 Å². The van der Waals surface area contributed by atoms with Gasteiger partial charge in [-0.25, -0.2) is 4.79 Å². The van der Waals surface area contributed by atoms with Crippen LogP contribution in [0.5, 0.6) is 0 Å². The molecule has 110 valence electrons. The van der Waals surface area contributed by atoms with Crippen LogP contribution >= 0.6 is 0 Å². The number of hydrogen-bond donors (Lipinski definition) is 1. The Morgan fingerprint density at radius 1 is 1.05 bits per heavy atom. The molecular formula is C17H14N2O3. The molecule has 1 heterocycles. The van der Waals surface area contributed by atoms with E-state index in [2.05, 4.69) is 10.1 Å². The van der Waals surface area contributed by atoms with Gasteiger partial charge in [-0.2, -0.15) is 4.98 Å². The van der Waals surface area contributed by atoms with Gasteiger partial charge in [0.2, 0.25) is 0 Å². The molecule has 0 radical (unpaired) electrons. The summed E-state index contributed by atoms with van der Waals surface area (Å²) in [6.45, 7) is 3.72. The molecular weight excluding hydrogens is 280 g/mol. The molecule has 3 aromatic rings. The number of rotatable bonds is 3. The van der Waals surface area contributed by atoms with Gasteiger partial charge in [0.25, 0.3) is 5.89 Å². The molecule has 1 aromatic heterocycles. The van der Waals surface area contributed by atoms with E-state index in [0.29, 0.717) is 11.7 Å². The van der Waals surface area contributed by atoms with Crippen molar-refractivity contribution in [3.05, 3.63) is 59.4 Å². The number of aromatic carboxylic acids is 1. The van der Waals surface area contributed by atoms with Crippen LogP contribution in [0.25, 0.3) is 22.6 Å². The summed E-state index contributed by atoms with van der Waals surface area (Å²) in [6, 6.07) is 12.7. The van der Waals surface area contributed by atoms with E-state index < -0.39 is 5.97 Å². The Balaban J connectivity index is 1.99. The van der Waals surface area contributed by atoms with E-state index in [1.807, 2.05) is 37.3 Å². The van der Waals surface area contributed by atoms with Gasteiger partial charge >= 0.3 is 5.97 Å². The average Bonchev–Trinajstić information content (AvgIpc) is 2.94. The summed E-state index contributed by atoms with van der Waals surface area (Å²) >= 11 is 0. The van der Waals surface area contributed by atoms with E-state index in [-0.39, 0.29) is 5.56 Å². The molecule has 0 fully saturated rings. The third kappa shape index (κ3) is 2.61. The van der Waals surface area contributed by atoms with Crippen molar-refractivity contribution in [2.45, 2.75) is 13.8 Å². The summed E-state index contributed by atoms with van der Waals surface area (Å²) in [4.78, 5) is 15.3. The lowest BCUT2D eigenvalue weighted by Crippen LogP contribution is -1.97. The number of aromatic nitrogens is 2. The highest BCUT2D eigenvalue weighted by molar-refractivity contribution is 5.90. The Morgan fingerprint density at radius 2 is 1.73 bits per heavy atom. The second-order valence-electron chi connectivity index (χ2n) is 5.06. The van der Waals surface area contributed by atoms with Crippen molar-refractivity contribution < 1.29 is 14.4 Å². The first-order valence-electron chi connectivity index (χ1n) is 6.79. The number of aryl methyl sites for hydroxylation is 2. The maximum Gasteiger partial charge on any atom is 0.335 e. The molecule has 0 aliphatic rings. The predicted molar refractivity (Wildman–Crippen MR) is 81.6 cm³/mol. The topological polar surface area (TPSA) is 76.2 Å². The van der Waals surface area contributed by atoms with Gasteiger partial charge in [0.1, 0.15) is 0 Å². The highest BCUT2D eigenvalue weighted by Gasteiger charge is 2.10. The molecule has 0 saturated heterocycles. The SMILES string of the molecule is Cc1noc(-c2ccc(-c3cc(C(=O)O)ccc3C)cc2)n1. The van der Waals surface area contributed by atoms with E-state index in [9.17, 15) is 4.79 Å². The molecule has 5 nitrogen and oxygen atoms in total. The van der Waals surface area contributed by atoms with Gasteiger partial charge in [0, 0.05) is 5.56 Å². The highest BCUT2D eigenvalue weighted by atomic mass is 16.5. The summed E-state index contributed by atoms with van der Waals surface area (Å²) in [6.07, 6.45) is 0. The molecule has 3 rings (SSSR count). The Hall–Kier alpha value is -2.95. The summed E-state index contributed by atoms with van der Waals surface area (Å²) in [5, 5.41) is 12.9. The van der Waals surface area contributed by atoms with Gasteiger partial charge in [0.05, 0.1) is 5.56 Å². The van der Waals surface area contributed by atoms with Gasteiger partial charge < -0.3 is 9.63 Å². The second-order valence-corrected chi connectivity index (χ2v) is 5.06. The van der Waals surface area contributed by atoms with Crippen molar-refractivity contribution in [1.82, 2.24) is 10.1 Å². The van der Waals surface area contributed by atoms with Crippen molar-refractivity contribution in [1.29, 1.82) is 0 Å². The standard InChI is InChI=1S/C17H14N2O3/c1-10-3-4-14(17(20)21)9-15(10)12-5-7-13(8-6-12)16-18-11(2)19-22-16/h3-9H,1-2H3,(H,20,21). The summed E-state index contributed by atoms with van der Waals surface area (Å²) < 4.78 is 5.13. The molecule has 0 unspecified atom stereocenters. The van der Waals surface area contributed by atoms with Crippen molar-refractivity contribution in [2.75, 3.05) is 0 Å². The van der Waals surface area contributed by atoms with E-state index >= 15 is 0 Å². The zero-order valence-electron chi connectivity index (χ0n) is 12.2. The fourth-order valence-electron chi connectivity index (χ4n) is 2.27. The minimum atomic E-state index is -0.931. The van der Waals surface area contributed by atoms with Crippen LogP contribution in [-0.2, 0) is 0 Å². The monoisotopic (exact) mass is 294 g/mol. The third-order valence-corrected chi connectivity index (χ3v) is 3.45. The fraction of sp³-hybridized carbons (Fsp3) is 0.118. The van der Waals surface area contributed by atoms with Crippen LogP contribution in [0.1, 0.15) is 21.7 Å². The average molecular weight is 294 g/mol. The van der Waals surface area contributed by atoms with Crippen LogP contribution in [0.3, 0.4) is 0 Å². The van der Waals surface area contributed by atoms with Gasteiger partial charge in [0.15, 0.2) is 5.82 Å². The van der Waals surface area contributed by atoms with Crippen molar-refractivity contribution >= 4 is 5.97 Å². The molecule has 0 bridgehead atoms. The molecule has 5 heteroatoms. The lowest BCUT2D eigenvalue weighted by Gasteiger charge is -2.08. The van der Waals surface area contributed by atoms with Crippen LogP contribution in [-0.4, -0.2) is 21.2 Å². The van der Waals surface area contributed by atoms with Crippen LogP contribution in [0.2, 0.25) is 0 Å². The predicted octanol–water partition coefficient (Wildman–Crippen LogP) is 3.72. The Bertz CT molecular complexity index is 835. The largest absolute Gasteiger partial charge is 0.478 e. The molecule has 1 N–H and O–H groups in total. The van der Waals surface area contributed by atoms with Crippen LogP contribution in [0, 0.1) is 13.8 Å². The second kappa shape index (κ2) is 5.44. The van der Waals surface area contributed by atoms with E-state index in [4.69, 9.17) is 9.63 Å². The number of benzene rings is 2. The number of hydrogen-bond acceptors (Lipinski definition) is 4. The summed E-state index contributed by atoms with van der Waals surface area (Å²) in [5.41, 5.74) is 3.97. The maximum atomic E-state index is 11.1. The quantitative estimate of drug-likeness (QED) is 0.796. The highest BCUT2D eigenvalue weighted by Crippen LogP contribution is 2.27. The van der Waals surface area contributed by atoms with Crippen molar-refractivity contribution in [2.24, 2.45) is 0 Å². The van der Waals surface area contributed by atoms with Crippen LogP contribution in [0.15, 0.2) is 47.0 Å². The first-order valence-corrected chi connectivity index (χ1v) is 6.79. The molecule has 0 aliphatic heterocycles. The fourth-order valence-corrected chi connectivity index (χ4v) is 2.27. The Labute approximate surface area is 127 Å². The number of carbonyl (C=O) groups is 1. The lowest BCUT2D eigenvalue weighted by molar-refractivity contribution is 0.0697. The molecule has 0 saturated carbocycles. The zero-order chi connectivity index (χ0) is 15.7. The first kappa shape index (κ1) is 14.0. The minimum absolute atomic E-state index is 0.275. The van der Waals surface area contributed by atoms with Gasteiger partial charge in [-0.1, -0.05) is 23.4 Å². The molecule has 22 heavy (non-hydrogen) atoms. The minimum Gasteiger partial charge on any atom is -0.478 e. The summed E-state index contributed by atoms with van der Waals surface area (Å²) in [7, 11) is 0. The zero-order valence-corrected chi connectivity index (χ0v) is 12.2. The third-order valence-electron chi connectivity index (χ3n) is 3.45. The van der Waals surface area contributed by atoms with E-state index in [1.165, 1.54) is 0 Å². The molecule has 2 aromatic carbocycles. The maximum absolute atomic E-state index is 11.1. The number of nitrogens with zero attached hydrogens (tertiary/aromatic N) is 2. The van der Waals surface area contributed by atoms with E-state index in [1.54, 1.807) is 19.1 Å². The smallest absolute Gasteiger partial charge is 0.335 e. The van der Waals surface area contributed by atoms with Crippen LogP contribution < -0.4 is 0 Å². The van der Waals surface area contributed by atoms with Crippen LogP contribution in [0.4, 0.5) is 0 Å². The molecule has 0 aliphatic carbocycles. The number of carboxylic acid groups (broad SMARTS) is 1.